The summed E-state index contributed by atoms with van der Waals surface area (Å²) >= 11 is 0. The molecule has 23 heavy (non-hydrogen) atoms. The van der Waals surface area contributed by atoms with Gasteiger partial charge in [0.05, 0.1) is 6.26 Å². The van der Waals surface area contributed by atoms with Crippen molar-refractivity contribution in [2.24, 2.45) is 0 Å². The van der Waals surface area contributed by atoms with Gasteiger partial charge in [-0.3, -0.25) is 9.89 Å². The van der Waals surface area contributed by atoms with Crippen molar-refractivity contribution >= 4 is 11.6 Å². The smallest absolute Gasteiger partial charge is 0.276 e. The van der Waals surface area contributed by atoms with Crippen LogP contribution in [0.5, 0.6) is 0 Å². The Morgan fingerprint density at radius 1 is 1.13 bits per heavy atom. The molecule has 2 N–H and O–H groups in total. The van der Waals surface area contributed by atoms with E-state index in [9.17, 15) is 22.4 Å². The Kier molecular flexibility index (Phi) is 3.61. The fraction of sp³-hybridized carbons (Fsp3) is 0. The van der Waals surface area contributed by atoms with Crippen molar-refractivity contribution < 1.29 is 26.8 Å². The molecule has 0 atom stereocenters. The standard InChI is InChI=1S/C14H7F4N3O2/c15-6-4-7(16)12(18)13(11(6)17)19-14(22)9-5-8(20-21-9)10-2-1-3-23-10/h1-5H,(H,19,22)(H,20,21). The summed E-state index contributed by atoms with van der Waals surface area (Å²) in [5.74, 6) is -7.35. The summed E-state index contributed by atoms with van der Waals surface area (Å²) in [5.41, 5.74) is -1.14. The highest BCUT2D eigenvalue weighted by Gasteiger charge is 2.22. The first kappa shape index (κ1) is 14.8. The fourth-order valence-corrected chi connectivity index (χ4v) is 1.86. The second-order valence-corrected chi connectivity index (χ2v) is 4.44. The van der Waals surface area contributed by atoms with E-state index in [0.29, 0.717) is 11.5 Å². The number of furan rings is 1. The molecule has 0 bridgehead atoms. The number of rotatable bonds is 3. The molecule has 0 saturated carbocycles. The summed E-state index contributed by atoms with van der Waals surface area (Å²) in [6.07, 6.45) is 1.40. The van der Waals surface area contributed by atoms with Gasteiger partial charge in [0, 0.05) is 12.1 Å². The number of amides is 1. The van der Waals surface area contributed by atoms with Crippen molar-refractivity contribution in [2.45, 2.75) is 0 Å². The van der Waals surface area contributed by atoms with E-state index >= 15 is 0 Å². The lowest BCUT2D eigenvalue weighted by molar-refractivity contribution is 0.102. The van der Waals surface area contributed by atoms with Crippen LogP contribution in [0.2, 0.25) is 0 Å². The molecule has 0 aliphatic heterocycles. The topological polar surface area (TPSA) is 70.9 Å². The van der Waals surface area contributed by atoms with E-state index in [1.54, 1.807) is 17.4 Å². The van der Waals surface area contributed by atoms with Gasteiger partial charge in [-0.1, -0.05) is 0 Å². The van der Waals surface area contributed by atoms with Crippen LogP contribution >= 0.6 is 0 Å². The molecule has 0 unspecified atom stereocenters. The predicted octanol–water partition coefficient (Wildman–Crippen LogP) is 3.48. The maximum atomic E-state index is 13.5. The lowest BCUT2D eigenvalue weighted by Crippen LogP contribution is -2.16. The third-order valence-electron chi connectivity index (χ3n) is 2.95. The van der Waals surface area contributed by atoms with Gasteiger partial charge in [0.25, 0.3) is 5.91 Å². The largest absolute Gasteiger partial charge is 0.463 e. The van der Waals surface area contributed by atoms with Gasteiger partial charge >= 0.3 is 0 Å². The SMILES string of the molecule is O=C(Nc1c(F)c(F)cc(F)c1F)c1cc(-c2ccco2)[nH]n1. The lowest BCUT2D eigenvalue weighted by Gasteiger charge is -2.07. The van der Waals surface area contributed by atoms with Crippen LogP contribution in [0.25, 0.3) is 11.5 Å². The molecule has 1 aromatic carbocycles. The summed E-state index contributed by atoms with van der Waals surface area (Å²) in [6, 6.07) is 4.50. The summed E-state index contributed by atoms with van der Waals surface area (Å²) in [4.78, 5) is 11.9. The zero-order chi connectivity index (χ0) is 16.6. The predicted molar refractivity (Wildman–Crippen MR) is 70.5 cm³/mol. The number of carbonyl (C=O) groups is 1. The van der Waals surface area contributed by atoms with Gasteiger partial charge in [0.1, 0.15) is 11.4 Å². The zero-order valence-electron chi connectivity index (χ0n) is 11.2. The second-order valence-electron chi connectivity index (χ2n) is 4.44. The van der Waals surface area contributed by atoms with Gasteiger partial charge in [-0.25, -0.2) is 17.6 Å². The highest BCUT2D eigenvalue weighted by molar-refractivity contribution is 6.03. The van der Waals surface area contributed by atoms with E-state index in [-0.39, 0.29) is 11.8 Å². The summed E-state index contributed by atoms with van der Waals surface area (Å²) in [7, 11) is 0. The van der Waals surface area contributed by atoms with Crippen molar-refractivity contribution in [1.82, 2.24) is 10.2 Å². The Hall–Kier alpha value is -3.10. The molecule has 9 heteroatoms. The first-order chi connectivity index (χ1) is 11.0. The molecule has 0 spiro atoms. The first-order valence-corrected chi connectivity index (χ1v) is 6.21. The molecule has 0 aliphatic rings. The molecule has 0 saturated heterocycles. The number of halogens is 4. The summed E-state index contributed by atoms with van der Waals surface area (Å²) in [6.45, 7) is 0. The van der Waals surface area contributed by atoms with Crippen molar-refractivity contribution in [2.75, 3.05) is 5.32 Å². The van der Waals surface area contributed by atoms with Gasteiger partial charge in [0.15, 0.2) is 34.7 Å². The molecule has 2 heterocycles. The number of carbonyl (C=O) groups excluding carboxylic acids is 1. The molecule has 0 radical (unpaired) electrons. The number of nitrogens with one attached hydrogen (secondary N) is 2. The van der Waals surface area contributed by atoms with Crippen LogP contribution in [0.15, 0.2) is 34.9 Å². The summed E-state index contributed by atoms with van der Waals surface area (Å²) in [5, 5.41) is 7.88. The number of hydrogen-bond donors (Lipinski definition) is 2. The molecule has 3 aromatic rings. The van der Waals surface area contributed by atoms with Crippen LogP contribution < -0.4 is 5.32 Å². The van der Waals surface area contributed by atoms with Crippen molar-refractivity contribution in [3.05, 3.63) is 59.5 Å². The van der Waals surface area contributed by atoms with E-state index < -0.39 is 34.9 Å². The highest BCUT2D eigenvalue weighted by atomic mass is 19.2. The zero-order valence-corrected chi connectivity index (χ0v) is 11.2. The van der Waals surface area contributed by atoms with Crippen LogP contribution in [0.4, 0.5) is 23.2 Å². The molecular formula is C14H7F4N3O2. The number of aromatic amines is 1. The van der Waals surface area contributed by atoms with Gasteiger partial charge in [-0.2, -0.15) is 5.10 Å². The van der Waals surface area contributed by atoms with E-state index in [0.717, 1.165) is 0 Å². The molecule has 3 rings (SSSR count). The summed E-state index contributed by atoms with van der Waals surface area (Å²) < 4.78 is 58.3. The maximum Gasteiger partial charge on any atom is 0.276 e. The highest BCUT2D eigenvalue weighted by Crippen LogP contribution is 2.25. The average Bonchev–Trinajstić information content (AvgIpc) is 3.19. The van der Waals surface area contributed by atoms with Crippen LogP contribution in [0.1, 0.15) is 10.5 Å². The number of hydrogen-bond acceptors (Lipinski definition) is 3. The van der Waals surface area contributed by atoms with Gasteiger partial charge < -0.3 is 9.73 Å². The third-order valence-corrected chi connectivity index (χ3v) is 2.95. The Morgan fingerprint density at radius 3 is 2.43 bits per heavy atom. The van der Waals surface area contributed by atoms with Crippen LogP contribution in [-0.2, 0) is 0 Å². The van der Waals surface area contributed by atoms with Crippen molar-refractivity contribution in [3.8, 4) is 11.5 Å². The molecule has 0 aliphatic carbocycles. The quantitative estimate of drug-likeness (QED) is 0.572. The Balaban J connectivity index is 1.89. The Morgan fingerprint density at radius 2 is 1.83 bits per heavy atom. The fourth-order valence-electron chi connectivity index (χ4n) is 1.86. The molecular weight excluding hydrogens is 318 g/mol. The number of benzene rings is 1. The van der Waals surface area contributed by atoms with Gasteiger partial charge in [-0.05, 0) is 12.1 Å². The maximum absolute atomic E-state index is 13.5. The third kappa shape index (κ3) is 2.68. The minimum absolute atomic E-state index is 0.0455. The molecule has 1 amide bonds. The first-order valence-electron chi connectivity index (χ1n) is 6.21. The monoisotopic (exact) mass is 325 g/mol. The number of anilines is 1. The number of nitrogens with zero attached hydrogens (tertiary/aromatic N) is 1. The van der Waals surface area contributed by atoms with Crippen LogP contribution in [0.3, 0.4) is 0 Å². The van der Waals surface area contributed by atoms with Gasteiger partial charge in [0.2, 0.25) is 0 Å². The minimum atomic E-state index is -1.71. The Labute approximate surface area is 125 Å². The van der Waals surface area contributed by atoms with Gasteiger partial charge in [-0.15, -0.1) is 0 Å². The second kappa shape index (κ2) is 5.59. The van der Waals surface area contributed by atoms with Crippen molar-refractivity contribution in [3.63, 3.8) is 0 Å². The average molecular weight is 325 g/mol. The van der Waals surface area contributed by atoms with Crippen molar-refractivity contribution in [1.29, 1.82) is 0 Å². The van der Waals surface area contributed by atoms with Crippen LogP contribution in [-0.4, -0.2) is 16.1 Å². The lowest BCUT2D eigenvalue weighted by atomic mass is 10.2. The molecule has 118 valence electrons. The Bertz CT molecular complexity index is 848. The van der Waals surface area contributed by atoms with E-state index in [2.05, 4.69) is 10.2 Å². The van der Waals surface area contributed by atoms with E-state index in [1.165, 1.54) is 12.3 Å². The molecule has 0 fully saturated rings. The van der Waals surface area contributed by atoms with E-state index in [1.807, 2.05) is 0 Å². The molecule has 2 aromatic heterocycles. The number of aromatic nitrogens is 2. The normalized spacial score (nSPS) is 10.8. The minimum Gasteiger partial charge on any atom is -0.463 e. The van der Waals surface area contributed by atoms with Crippen LogP contribution in [0, 0.1) is 23.3 Å². The van der Waals surface area contributed by atoms with E-state index in [4.69, 9.17) is 4.42 Å². The number of H-pyrrole nitrogens is 1. The molecule has 5 nitrogen and oxygen atoms in total.